The number of halogens is 1. The maximum Gasteiger partial charge on any atom is 0.337 e. The van der Waals surface area contributed by atoms with Gasteiger partial charge in [0.2, 0.25) is 0 Å². The normalized spacial score (nSPS) is 14.8. The summed E-state index contributed by atoms with van der Waals surface area (Å²) in [6, 6.07) is 9.09. The number of ether oxygens (including phenoxy) is 1. The topological polar surface area (TPSA) is 95.9 Å². The van der Waals surface area contributed by atoms with Gasteiger partial charge in [-0.1, -0.05) is 17.7 Å². The molecule has 1 aliphatic rings. The van der Waals surface area contributed by atoms with Gasteiger partial charge in [0.15, 0.2) is 0 Å². The van der Waals surface area contributed by atoms with E-state index in [1.54, 1.807) is 31.2 Å². The smallest absolute Gasteiger partial charge is 0.337 e. The lowest BCUT2D eigenvalue weighted by Gasteiger charge is -2.30. The van der Waals surface area contributed by atoms with E-state index in [1.165, 1.54) is 12.1 Å². The Kier molecular flexibility index (Phi) is 5.59. The third-order valence-electron chi connectivity index (χ3n) is 4.34. The number of carboxylic acids is 1. The number of morpholine rings is 1. The summed E-state index contributed by atoms with van der Waals surface area (Å²) in [4.78, 5) is 13.7. The van der Waals surface area contributed by atoms with Crippen molar-refractivity contribution in [1.82, 2.24) is 0 Å². The molecule has 144 valence electrons. The molecular weight excluding hydrogens is 392 g/mol. The van der Waals surface area contributed by atoms with Crippen molar-refractivity contribution in [2.45, 2.75) is 11.8 Å². The number of nitrogens with one attached hydrogen (secondary N) is 1. The highest BCUT2D eigenvalue weighted by molar-refractivity contribution is 7.92. The zero-order valence-corrected chi connectivity index (χ0v) is 16.2. The number of benzene rings is 2. The summed E-state index contributed by atoms with van der Waals surface area (Å²) in [6.45, 7) is 3.80. The van der Waals surface area contributed by atoms with E-state index in [-0.39, 0.29) is 16.1 Å². The molecule has 9 heteroatoms. The van der Waals surface area contributed by atoms with Crippen LogP contribution in [0.3, 0.4) is 0 Å². The van der Waals surface area contributed by atoms with Gasteiger partial charge in [0.1, 0.15) is 0 Å². The van der Waals surface area contributed by atoms with Gasteiger partial charge < -0.3 is 14.7 Å². The van der Waals surface area contributed by atoms with Crippen LogP contribution >= 0.6 is 11.6 Å². The predicted octanol–water partition coefficient (Wildman–Crippen LogP) is 2.98. The van der Waals surface area contributed by atoms with Gasteiger partial charge in [-0.3, -0.25) is 4.72 Å². The van der Waals surface area contributed by atoms with Gasteiger partial charge in [-0.05, 0) is 42.8 Å². The molecule has 0 spiro atoms. The lowest BCUT2D eigenvalue weighted by molar-refractivity contribution is 0.0696. The van der Waals surface area contributed by atoms with Crippen molar-refractivity contribution in [3.63, 3.8) is 0 Å². The van der Waals surface area contributed by atoms with Crippen molar-refractivity contribution in [2.75, 3.05) is 35.9 Å². The standard InChI is InChI=1S/C18H19ClN2O5S/c1-12-15(19)3-2-4-17(12)27(24,25)20-13-5-6-16(14(11-13)18(22)23)21-7-9-26-10-8-21/h2-6,11,20H,7-10H2,1H3,(H,22,23). The summed E-state index contributed by atoms with van der Waals surface area (Å²) in [6.07, 6.45) is 0. The Balaban J connectivity index is 1.94. The van der Waals surface area contributed by atoms with Gasteiger partial charge >= 0.3 is 5.97 Å². The minimum absolute atomic E-state index is 0.0277. The zero-order valence-electron chi connectivity index (χ0n) is 14.6. The summed E-state index contributed by atoms with van der Waals surface area (Å²) < 4.78 is 33.1. The van der Waals surface area contributed by atoms with Crippen molar-refractivity contribution in [3.8, 4) is 0 Å². The van der Waals surface area contributed by atoms with Gasteiger partial charge in [-0.25, -0.2) is 13.2 Å². The maximum absolute atomic E-state index is 12.7. The van der Waals surface area contributed by atoms with Crippen LogP contribution in [0.25, 0.3) is 0 Å². The molecular formula is C18H19ClN2O5S. The number of hydrogen-bond acceptors (Lipinski definition) is 5. The second-order valence-electron chi connectivity index (χ2n) is 6.10. The molecule has 1 saturated heterocycles. The van der Waals surface area contributed by atoms with Crippen LogP contribution in [0.15, 0.2) is 41.3 Å². The molecule has 1 fully saturated rings. The minimum Gasteiger partial charge on any atom is -0.478 e. The van der Waals surface area contributed by atoms with Crippen molar-refractivity contribution >= 4 is 39.0 Å². The molecule has 0 aliphatic carbocycles. The Bertz CT molecular complexity index is 972. The fourth-order valence-corrected chi connectivity index (χ4v) is 4.49. The number of aromatic carboxylic acids is 1. The summed E-state index contributed by atoms with van der Waals surface area (Å²) in [5.74, 6) is -1.13. The van der Waals surface area contributed by atoms with E-state index in [9.17, 15) is 18.3 Å². The molecule has 2 aromatic rings. The van der Waals surface area contributed by atoms with Gasteiger partial charge in [-0.2, -0.15) is 0 Å². The number of sulfonamides is 1. The number of nitrogens with zero attached hydrogens (tertiary/aromatic N) is 1. The van der Waals surface area contributed by atoms with E-state index in [4.69, 9.17) is 16.3 Å². The summed E-state index contributed by atoms with van der Waals surface area (Å²) in [7, 11) is -3.91. The second kappa shape index (κ2) is 7.75. The number of carbonyl (C=O) groups is 1. The minimum atomic E-state index is -3.91. The molecule has 0 radical (unpaired) electrons. The van der Waals surface area contributed by atoms with Crippen molar-refractivity contribution in [2.24, 2.45) is 0 Å². The van der Waals surface area contributed by atoms with E-state index in [0.29, 0.717) is 42.6 Å². The number of anilines is 2. The van der Waals surface area contributed by atoms with Crippen LogP contribution in [-0.2, 0) is 14.8 Å². The van der Waals surface area contributed by atoms with Crippen molar-refractivity contribution < 1.29 is 23.1 Å². The van der Waals surface area contributed by atoms with Crippen LogP contribution in [0, 0.1) is 6.92 Å². The van der Waals surface area contributed by atoms with Crippen LogP contribution in [0.4, 0.5) is 11.4 Å². The highest BCUT2D eigenvalue weighted by Gasteiger charge is 2.22. The first-order valence-electron chi connectivity index (χ1n) is 8.27. The van der Waals surface area contributed by atoms with Crippen LogP contribution in [0.1, 0.15) is 15.9 Å². The summed E-state index contributed by atoms with van der Waals surface area (Å²) in [5.41, 5.74) is 1.16. The monoisotopic (exact) mass is 410 g/mol. The molecule has 1 aliphatic heterocycles. The van der Waals surface area contributed by atoms with Crippen LogP contribution < -0.4 is 9.62 Å². The zero-order chi connectivity index (χ0) is 19.6. The Morgan fingerprint density at radius 2 is 1.93 bits per heavy atom. The Hall–Kier alpha value is -2.29. The Morgan fingerprint density at radius 3 is 2.59 bits per heavy atom. The molecule has 2 aromatic carbocycles. The first-order chi connectivity index (χ1) is 12.8. The van der Waals surface area contributed by atoms with Crippen molar-refractivity contribution in [1.29, 1.82) is 0 Å². The highest BCUT2D eigenvalue weighted by Crippen LogP contribution is 2.28. The van der Waals surface area contributed by atoms with E-state index < -0.39 is 16.0 Å². The average molecular weight is 411 g/mol. The molecule has 1 heterocycles. The van der Waals surface area contributed by atoms with Gasteiger partial charge in [0, 0.05) is 23.8 Å². The quantitative estimate of drug-likeness (QED) is 0.786. The number of carboxylic acid groups (broad SMARTS) is 1. The van der Waals surface area contributed by atoms with E-state index in [0.717, 1.165) is 0 Å². The van der Waals surface area contributed by atoms with Crippen LogP contribution in [-0.4, -0.2) is 45.8 Å². The molecule has 0 saturated carbocycles. The lowest BCUT2D eigenvalue weighted by Crippen LogP contribution is -2.37. The van der Waals surface area contributed by atoms with Crippen molar-refractivity contribution in [3.05, 3.63) is 52.5 Å². The van der Waals surface area contributed by atoms with Gasteiger partial charge in [0.25, 0.3) is 10.0 Å². The van der Waals surface area contributed by atoms with E-state index in [1.807, 2.05) is 4.90 Å². The fraction of sp³-hybridized carbons (Fsp3) is 0.278. The molecule has 2 N–H and O–H groups in total. The van der Waals surface area contributed by atoms with Gasteiger partial charge in [-0.15, -0.1) is 0 Å². The molecule has 7 nitrogen and oxygen atoms in total. The molecule has 0 atom stereocenters. The first kappa shape index (κ1) is 19.5. The van der Waals surface area contributed by atoms with Crippen LogP contribution in [0.5, 0.6) is 0 Å². The molecule has 27 heavy (non-hydrogen) atoms. The Morgan fingerprint density at radius 1 is 1.22 bits per heavy atom. The van der Waals surface area contributed by atoms with Crippen LogP contribution in [0.2, 0.25) is 5.02 Å². The molecule has 0 bridgehead atoms. The maximum atomic E-state index is 12.7. The highest BCUT2D eigenvalue weighted by atomic mass is 35.5. The molecule has 0 aromatic heterocycles. The fourth-order valence-electron chi connectivity index (χ4n) is 2.94. The first-order valence-corrected chi connectivity index (χ1v) is 10.1. The third-order valence-corrected chi connectivity index (χ3v) is 6.27. The second-order valence-corrected chi connectivity index (χ2v) is 8.16. The molecule has 0 amide bonds. The lowest BCUT2D eigenvalue weighted by atomic mass is 10.1. The molecule has 3 rings (SSSR count). The average Bonchev–Trinajstić information content (AvgIpc) is 2.64. The SMILES string of the molecule is Cc1c(Cl)cccc1S(=O)(=O)Nc1ccc(N2CCOCC2)c(C(=O)O)c1. The van der Waals surface area contributed by atoms with E-state index in [2.05, 4.69) is 4.72 Å². The van der Waals surface area contributed by atoms with E-state index >= 15 is 0 Å². The summed E-state index contributed by atoms with van der Waals surface area (Å²) in [5, 5.41) is 9.90. The van der Waals surface area contributed by atoms with Gasteiger partial charge in [0.05, 0.1) is 29.4 Å². The number of rotatable bonds is 5. The summed E-state index contributed by atoms with van der Waals surface area (Å²) >= 11 is 6.01. The Labute approximate surface area is 162 Å². The predicted molar refractivity (Wildman–Crippen MR) is 103 cm³/mol. The molecule has 0 unspecified atom stereocenters. The largest absolute Gasteiger partial charge is 0.478 e. The number of hydrogen-bond donors (Lipinski definition) is 2. The third kappa shape index (κ3) is 4.18.